The van der Waals surface area contributed by atoms with Crippen LogP contribution in [0.15, 0.2) is 28.4 Å². The Morgan fingerprint density at radius 2 is 2.57 bits per heavy atom. The van der Waals surface area contributed by atoms with Gasteiger partial charge < -0.3 is 14.5 Å². The molecule has 1 saturated heterocycles. The molecule has 0 bridgehead atoms. The van der Waals surface area contributed by atoms with Gasteiger partial charge in [0.25, 0.3) is 0 Å². The molecule has 2 rings (SSSR count). The van der Waals surface area contributed by atoms with E-state index in [9.17, 15) is 0 Å². The average molecular weight is 193 g/mol. The van der Waals surface area contributed by atoms with Crippen LogP contribution < -0.4 is 5.32 Å². The molecule has 0 radical (unpaired) electrons. The van der Waals surface area contributed by atoms with E-state index in [0.717, 1.165) is 25.5 Å². The Morgan fingerprint density at radius 1 is 1.64 bits per heavy atom. The molecule has 0 aliphatic carbocycles. The van der Waals surface area contributed by atoms with Crippen molar-refractivity contribution in [2.45, 2.75) is 13.0 Å². The Balaban J connectivity index is 2.02. The number of morpholine rings is 1. The van der Waals surface area contributed by atoms with Gasteiger partial charge in [-0.05, 0) is 25.1 Å². The zero-order chi connectivity index (χ0) is 9.80. The highest BCUT2D eigenvalue weighted by atomic mass is 16.5. The number of rotatable bonds is 2. The zero-order valence-electron chi connectivity index (χ0n) is 8.32. The molecule has 0 amide bonds. The lowest BCUT2D eigenvalue weighted by atomic mass is 10.1. The van der Waals surface area contributed by atoms with E-state index < -0.39 is 0 Å². The van der Waals surface area contributed by atoms with Crippen molar-refractivity contribution in [3.05, 3.63) is 29.7 Å². The van der Waals surface area contributed by atoms with Gasteiger partial charge in [0.15, 0.2) is 0 Å². The minimum Gasteiger partial charge on any atom is -0.465 e. The van der Waals surface area contributed by atoms with Crippen LogP contribution in [0.1, 0.15) is 12.7 Å². The SMILES string of the molecule is C/C(=C/c1ccco1)C1COCCN1. The van der Waals surface area contributed by atoms with E-state index in [2.05, 4.69) is 12.2 Å². The Morgan fingerprint density at radius 3 is 3.21 bits per heavy atom. The van der Waals surface area contributed by atoms with E-state index in [1.807, 2.05) is 18.2 Å². The van der Waals surface area contributed by atoms with Crippen LogP contribution in [-0.4, -0.2) is 25.8 Å². The Kier molecular flexibility index (Phi) is 3.01. The lowest BCUT2D eigenvalue weighted by Crippen LogP contribution is -2.41. The molecule has 14 heavy (non-hydrogen) atoms. The fourth-order valence-electron chi connectivity index (χ4n) is 1.56. The molecular weight excluding hydrogens is 178 g/mol. The predicted octanol–water partition coefficient (Wildman–Crippen LogP) is 1.67. The number of furan rings is 1. The van der Waals surface area contributed by atoms with Gasteiger partial charge in [-0.15, -0.1) is 0 Å². The van der Waals surface area contributed by atoms with Gasteiger partial charge in [0.1, 0.15) is 5.76 Å². The molecule has 1 aromatic heterocycles. The van der Waals surface area contributed by atoms with Gasteiger partial charge in [-0.3, -0.25) is 0 Å². The van der Waals surface area contributed by atoms with E-state index in [4.69, 9.17) is 9.15 Å². The number of nitrogens with one attached hydrogen (secondary N) is 1. The molecule has 0 spiro atoms. The van der Waals surface area contributed by atoms with Crippen LogP contribution in [-0.2, 0) is 4.74 Å². The van der Waals surface area contributed by atoms with Gasteiger partial charge in [0.2, 0.25) is 0 Å². The molecule has 76 valence electrons. The molecule has 1 fully saturated rings. The summed E-state index contributed by atoms with van der Waals surface area (Å²) in [7, 11) is 0. The van der Waals surface area contributed by atoms with Gasteiger partial charge in [0, 0.05) is 6.54 Å². The van der Waals surface area contributed by atoms with Gasteiger partial charge in [-0.25, -0.2) is 0 Å². The van der Waals surface area contributed by atoms with E-state index >= 15 is 0 Å². The number of hydrogen-bond donors (Lipinski definition) is 1. The highest BCUT2D eigenvalue weighted by molar-refractivity contribution is 5.48. The topological polar surface area (TPSA) is 34.4 Å². The third-order valence-electron chi connectivity index (χ3n) is 2.38. The van der Waals surface area contributed by atoms with Crippen LogP contribution in [0, 0.1) is 0 Å². The quantitative estimate of drug-likeness (QED) is 0.775. The Labute approximate surface area is 83.7 Å². The maximum Gasteiger partial charge on any atom is 0.126 e. The van der Waals surface area contributed by atoms with Crippen molar-refractivity contribution in [2.75, 3.05) is 19.8 Å². The van der Waals surface area contributed by atoms with Crippen molar-refractivity contribution in [1.29, 1.82) is 0 Å². The second kappa shape index (κ2) is 4.44. The van der Waals surface area contributed by atoms with Gasteiger partial charge >= 0.3 is 0 Å². The van der Waals surface area contributed by atoms with Crippen molar-refractivity contribution in [3.8, 4) is 0 Å². The van der Waals surface area contributed by atoms with E-state index in [-0.39, 0.29) is 0 Å². The van der Waals surface area contributed by atoms with Crippen LogP contribution in [0.5, 0.6) is 0 Å². The van der Waals surface area contributed by atoms with Crippen LogP contribution in [0.4, 0.5) is 0 Å². The first-order chi connectivity index (χ1) is 6.86. The van der Waals surface area contributed by atoms with Crippen LogP contribution in [0.25, 0.3) is 6.08 Å². The lowest BCUT2D eigenvalue weighted by Gasteiger charge is -2.24. The molecule has 1 unspecified atom stereocenters. The molecule has 1 aromatic rings. The first-order valence-electron chi connectivity index (χ1n) is 4.89. The standard InChI is InChI=1S/C11H15NO2/c1-9(7-10-3-2-5-14-10)11-8-13-6-4-12-11/h2-3,5,7,11-12H,4,6,8H2,1H3/b9-7-. The van der Waals surface area contributed by atoms with Crippen LogP contribution >= 0.6 is 0 Å². The highest BCUT2D eigenvalue weighted by Gasteiger charge is 2.14. The van der Waals surface area contributed by atoms with Gasteiger partial charge in [-0.1, -0.05) is 5.57 Å². The molecule has 1 atom stereocenters. The predicted molar refractivity (Wildman–Crippen MR) is 55.0 cm³/mol. The minimum atomic E-state index is 0.328. The van der Waals surface area contributed by atoms with E-state index in [1.165, 1.54) is 5.57 Å². The summed E-state index contributed by atoms with van der Waals surface area (Å²) in [5.41, 5.74) is 1.25. The highest BCUT2D eigenvalue weighted by Crippen LogP contribution is 2.11. The molecule has 1 N–H and O–H groups in total. The summed E-state index contributed by atoms with van der Waals surface area (Å²) >= 11 is 0. The van der Waals surface area contributed by atoms with E-state index in [0.29, 0.717) is 6.04 Å². The summed E-state index contributed by atoms with van der Waals surface area (Å²) in [6, 6.07) is 4.17. The number of ether oxygens (including phenoxy) is 1. The van der Waals surface area contributed by atoms with Crippen molar-refractivity contribution >= 4 is 6.08 Å². The zero-order valence-corrected chi connectivity index (χ0v) is 8.32. The molecule has 3 nitrogen and oxygen atoms in total. The molecule has 1 aliphatic rings. The fraction of sp³-hybridized carbons (Fsp3) is 0.455. The smallest absolute Gasteiger partial charge is 0.126 e. The summed E-state index contributed by atoms with van der Waals surface area (Å²) in [6.45, 7) is 4.58. The minimum absolute atomic E-state index is 0.328. The Hall–Kier alpha value is -1.06. The first-order valence-corrected chi connectivity index (χ1v) is 4.89. The normalized spacial score (nSPS) is 23.8. The maximum atomic E-state index is 5.39. The second-order valence-corrected chi connectivity index (χ2v) is 3.49. The molecular formula is C11H15NO2. The molecule has 2 heterocycles. The molecule has 0 saturated carbocycles. The van der Waals surface area contributed by atoms with Gasteiger partial charge in [-0.2, -0.15) is 0 Å². The van der Waals surface area contributed by atoms with Crippen LogP contribution in [0.2, 0.25) is 0 Å². The average Bonchev–Trinajstić information content (AvgIpc) is 2.72. The molecule has 1 aliphatic heterocycles. The summed E-state index contributed by atoms with van der Waals surface area (Å²) in [6.07, 6.45) is 3.73. The maximum absolute atomic E-state index is 5.39. The largest absolute Gasteiger partial charge is 0.465 e. The second-order valence-electron chi connectivity index (χ2n) is 3.49. The number of hydrogen-bond acceptors (Lipinski definition) is 3. The lowest BCUT2D eigenvalue weighted by molar-refractivity contribution is 0.0873. The third kappa shape index (κ3) is 2.25. The van der Waals surface area contributed by atoms with Crippen molar-refractivity contribution in [1.82, 2.24) is 5.32 Å². The fourth-order valence-corrected chi connectivity index (χ4v) is 1.56. The van der Waals surface area contributed by atoms with Crippen molar-refractivity contribution in [2.24, 2.45) is 0 Å². The Bertz CT molecular complexity index is 297. The van der Waals surface area contributed by atoms with E-state index in [1.54, 1.807) is 6.26 Å². The van der Waals surface area contributed by atoms with Crippen molar-refractivity contribution < 1.29 is 9.15 Å². The summed E-state index contributed by atoms with van der Waals surface area (Å²) < 4.78 is 10.6. The first kappa shape index (κ1) is 9.49. The summed E-state index contributed by atoms with van der Waals surface area (Å²) in [4.78, 5) is 0. The van der Waals surface area contributed by atoms with Crippen molar-refractivity contribution in [3.63, 3.8) is 0 Å². The summed E-state index contributed by atoms with van der Waals surface area (Å²) in [5, 5.41) is 3.40. The van der Waals surface area contributed by atoms with Gasteiger partial charge in [0.05, 0.1) is 25.5 Å². The molecule has 0 aromatic carbocycles. The third-order valence-corrected chi connectivity index (χ3v) is 2.38. The molecule has 3 heteroatoms. The monoisotopic (exact) mass is 193 g/mol. The summed E-state index contributed by atoms with van der Waals surface area (Å²) in [5.74, 6) is 0.898. The van der Waals surface area contributed by atoms with Crippen LogP contribution in [0.3, 0.4) is 0 Å².